The molecule has 5 nitrogen and oxygen atoms in total. The summed E-state index contributed by atoms with van der Waals surface area (Å²) in [7, 11) is -3.49. The van der Waals surface area contributed by atoms with Gasteiger partial charge in [0, 0.05) is 0 Å². The summed E-state index contributed by atoms with van der Waals surface area (Å²) in [6.45, 7) is 3.97. The minimum Gasteiger partial charge on any atom is -0.490 e. The van der Waals surface area contributed by atoms with Crippen LogP contribution in [0.25, 0.3) is 0 Å². The summed E-state index contributed by atoms with van der Waals surface area (Å²) in [6.07, 6.45) is 0.904. The fraction of sp³-hybridized carbons (Fsp3) is 0.417. The molecule has 2 N–H and O–H groups in total. The minimum atomic E-state index is -3.49. The molecule has 0 aromatic heterocycles. The summed E-state index contributed by atoms with van der Waals surface area (Å²) in [4.78, 5) is 0. The van der Waals surface area contributed by atoms with Gasteiger partial charge in [-0.05, 0) is 25.0 Å². The van der Waals surface area contributed by atoms with E-state index in [0.717, 1.165) is 6.42 Å². The molecule has 1 aliphatic heterocycles. The average Bonchev–Trinajstić information content (AvgIpc) is 2.26. The van der Waals surface area contributed by atoms with Crippen molar-refractivity contribution >= 4 is 15.9 Å². The molecule has 1 atom stereocenters. The van der Waals surface area contributed by atoms with Crippen molar-refractivity contribution in [1.82, 2.24) is 0 Å². The van der Waals surface area contributed by atoms with Gasteiger partial charge >= 0.3 is 0 Å². The molecule has 1 unspecified atom stereocenters. The van der Waals surface area contributed by atoms with E-state index < -0.39 is 10.0 Å². The lowest BCUT2D eigenvalue weighted by Gasteiger charge is -2.20. The van der Waals surface area contributed by atoms with Gasteiger partial charge in [-0.15, -0.1) is 4.40 Å². The van der Waals surface area contributed by atoms with Crippen molar-refractivity contribution in [2.24, 2.45) is 10.1 Å². The van der Waals surface area contributed by atoms with Crippen molar-refractivity contribution in [3.63, 3.8) is 0 Å². The number of sulfonamides is 1. The van der Waals surface area contributed by atoms with Crippen LogP contribution in [0.4, 0.5) is 0 Å². The predicted molar refractivity (Wildman–Crippen MR) is 70.2 cm³/mol. The van der Waals surface area contributed by atoms with E-state index >= 15 is 0 Å². The summed E-state index contributed by atoms with van der Waals surface area (Å²) in [6, 6.07) is 5.29. The Hall–Kier alpha value is -1.56. The Bertz CT molecular complexity index is 593. The largest absolute Gasteiger partial charge is 0.490 e. The molecule has 1 aliphatic rings. The van der Waals surface area contributed by atoms with Crippen LogP contribution in [0.1, 0.15) is 31.4 Å². The van der Waals surface area contributed by atoms with E-state index in [2.05, 4.69) is 4.40 Å². The van der Waals surface area contributed by atoms with Gasteiger partial charge in [0.1, 0.15) is 11.6 Å². The van der Waals surface area contributed by atoms with E-state index in [9.17, 15) is 8.42 Å². The number of rotatable bonds is 3. The molecule has 0 radical (unpaired) electrons. The van der Waals surface area contributed by atoms with Crippen LogP contribution >= 0.6 is 0 Å². The van der Waals surface area contributed by atoms with Gasteiger partial charge in [0.15, 0.2) is 0 Å². The number of amidine groups is 1. The Morgan fingerprint density at radius 1 is 1.50 bits per heavy atom. The summed E-state index contributed by atoms with van der Waals surface area (Å²) in [5, 5.41) is 0. The lowest BCUT2D eigenvalue weighted by molar-refractivity contribution is 0.217. The molecule has 0 fully saturated rings. The monoisotopic (exact) mass is 268 g/mol. The fourth-order valence-electron chi connectivity index (χ4n) is 1.81. The summed E-state index contributed by atoms with van der Waals surface area (Å²) < 4.78 is 32.3. The quantitative estimate of drug-likeness (QED) is 0.898. The first kappa shape index (κ1) is 12.9. The van der Waals surface area contributed by atoms with Crippen LogP contribution < -0.4 is 10.5 Å². The van der Waals surface area contributed by atoms with Crippen molar-refractivity contribution in [3.05, 3.63) is 29.3 Å². The van der Waals surface area contributed by atoms with Crippen molar-refractivity contribution in [3.8, 4) is 5.75 Å². The molecule has 0 spiro atoms. The highest BCUT2D eigenvalue weighted by molar-refractivity contribution is 7.89. The van der Waals surface area contributed by atoms with Gasteiger partial charge in [-0.2, -0.15) is 0 Å². The van der Waals surface area contributed by atoms with Gasteiger partial charge < -0.3 is 10.5 Å². The number of hydrogen-bond acceptors (Lipinski definition) is 4. The van der Waals surface area contributed by atoms with Crippen LogP contribution in [0.15, 0.2) is 22.6 Å². The number of nitrogens with zero attached hydrogens (tertiary/aromatic N) is 1. The second-order valence-electron chi connectivity index (χ2n) is 4.33. The third-order valence-corrected chi connectivity index (χ3v) is 4.00. The van der Waals surface area contributed by atoms with E-state index in [1.807, 2.05) is 13.8 Å². The summed E-state index contributed by atoms with van der Waals surface area (Å²) in [5.41, 5.74) is 6.98. The normalized spacial score (nSPS) is 18.7. The van der Waals surface area contributed by atoms with Crippen LogP contribution in [0.2, 0.25) is 0 Å². The molecule has 0 bridgehead atoms. The van der Waals surface area contributed by atoms with E-state index in [-0.39, 0.29) is 17.7 Å². The topological polar surface area (TPSA) is 81.8 Å². The van der Waals surface area contributed by atoms with Crippen molar-refractivity contribution in [2.75, 3.05) is 0 Å². The maximum absolute atomic E-state index is 11.5. The SMILES string of the molecule is CCC(C)Oc1cccc2c1C(N)=NS(=O)(=O)C2. The van der Waals surface area contributed by atoms with Crippen molar-refractivity contribution < 1.29 is 13.2 Å². The van der Waals surface area contributed by atoms with Crippen molar-refractivity contribution in [2.45, 2.75) is 32.1 Å². The Kier molecular flexibility index (Phi) is 3.30. The van der Waals surface area contributed by atoms with Crippen LogP contribution in [-0.2, 0) is 15.8 Å². The first-order valence-electron chi connectivity index (χ1n) is 5.80. The van der Waals surface area contributed by atoms with Gasteiger partial charge in [0.25, 0.3) is 10.0 Å². The summed E-state index contributed by atoms with van der Waals surface area (Å²) in [5.74, 6) is 0.481. The van der Waals surface area contributed by atoms with Gasteiger partial charge in [0.05, 0.1) is 17.4 Å². The maximum atomic E-state index is 11.5. The van der Waals surface area contributed by atoms with E-state index in [1.54, 1.807) is 18.2 Å². The standard InChI is InChI=1S/C12H16N2O3S/c1-3-8(2)17-10-6-4-5-9-7-18(15,16)14-12(13)11(9)10/h4-6,8H,3,7H2,1-2H3,(H2,13,14). The number of hydrogen-bond donors (Lipinski definition) is 1. The van der Waals surface area contributed by atoms with E-state index in [1.165, 1.54) is 0 Å². The van der Waals surface area contributed by atoms with Gasteiger partial charge in [-0.1, -0.05) is 19.1 Å². The highest BCUT2D eigenvalue weighted by atomic mass is 32.2. The van der Waals surface area contributed by atoms with Crippen LogP contribution in [-0.4, -0.2) is 20.4 Å². The Labute approximate surface area is 107 Å². The molecule has 1 heterocycles. The van der Waals surface area contributed by atoms with Gasteiger partial charge in [0.2, 0.25) is 0 Å². The predicted octanol–water partition coefficient (Wildman–Crippen LogP) is 1.41. The zero-order valence-electron chi connectivity index (χ0n) is 10.4. The second-order valence-corrected chi connectivity index (χ2v) is 5.96. The lowest BCUT2D eigenvalue weighted by atomic mass is 10.1. The molecule has 1 aromatic carbocycles. The highest BCUT2D eigenvalue weighted by Crippen LogP contribution is 2.28. The lowest BCUT2D eigenvalue weighted by Crippen LogP contribution is -2.25. The molecular formula is C12H16N2O3S. The number of nitrogens with two attached hydrogens (primary N) is 1. The Balaban J connectivity index is 2.49. The molecule has 18 heavy (non-hydrogen) atoms. The minimum absolute atomic E-state index is 0.00940. The van der Waals surface area contributed by atoms with Crippen LogP contribution in [0.5, 0.6) is 5.75 Å². The van der Waals surface area contributed by atoms with Crippen LogP contribution in [0, 0.1) is 0 Å². The van der Waals surface area contributed by atoms with E-state index in [0.29, 0.717) is 16.9 Å². The van der Waals surface area contributed by atoms with Gasteiger partial charge in [-0.25, -0.2) is 8.42 Å². The zero-order chi connectivity index (χ0) is 13.3. The molecule has 98 valence electrons. The first-order valence-corrected chi connectivity index (χ1v) is 7.41. The second kappa shape index (κ2) is 4.61. The molecular weight excluding hydrogens is 252 g/mol. The molecule has 0 saturated heterocycles. The fourth-order valence-corrected chi connectivity index (χ4v) is 2.90. The Morgan fingerprint density at radius 2 is 2.22 bits per heavy atom. The number of fused-ring (bicyclic) bond motifs is 1. The average molecular weight is 268 g/mol. The molecule has 0 aliphatic carbocycles. The third kappa shape index (κ3) is 2.48. The molecule has 6 heteroatoms. The molecule has 0 amide bonds. The zero-order valence-corrected chi connectivity index (χ0v) is 11.2. The number of benzene rings is 1. The maximum Gasteiger partial charge on any atom is 0.259 e. The number of ether oxygens (including phenoxy) is 1. The van der Waals surface area contributed by atoms with E-state index in [4.69, 9.17) is 10.5 Å². The molecule has 0 saturated carbocycles. The molecule has 2 rings (SSSR count). The summed E-state index contributed by atoms with van der Waals surface area (Å²) >= 11 is 0. The smallest absolute Gasteiger partial charge is 0.259 e. The van der Waals surface area contributed by atoms with Gasteiger partial charge in [-0.3, -0.25) is 0 Å². The highest BCUT2D eigenvalue weighted by Gasteiger charge is 2.25. The Morgan fingerprint density at radius 3 is 2.89 bits per heavy atom. The molecule has 1 aromatic rings. The van der Waals surface area contributed by atoms with Crippen LogP contribution in [0.3, 0.4) is 0 Å². The van der Waals surface area contributed by atoms with Crippen molar-refractivity contribution in [1.29, 1.82) is 0 Å². The first-order chi connectivity index (χ1) is 8.43. The third-order valence-electron chi connectivity index (χ3n) is 2.85.